The van der Waals surface area contributed by atoms with Crippen LogP contribution in [-0.4, -0.2) is 48.8 Å². The van der Waals surface area contributed by atoms with Crippen LogP contribution >= 0.6 is 0 Å². The molecule has 0 fully saturated rings. The summed E-state index contributed by atoms with van der Waals surface area (Å²) in [4.78, 5) is 1.62. The van der Waals surface area contributed by atoms with Gasteiger partial charge in [0.05, 0.1) is 6.54 Å². The first-order valence-corrected chi connectivity index (χ1v) is 9.82. The number of nitrogens with zero attached hydrogens (tertiary/aromatic N) is 4. The molecule has 0 atom stereocenters. The van der Waals surface area contributed by atoms with Gasteiger partial charge in [0.1, 0.15) is 0 Å². The number of aromatic nitrogens is 4. The van der Waals surface area contributed by atoms with E-state index in [-0.39, 0.29) is 0 Å². The van der Waals surface area contributed by atoms with E-state index in [4.69, 9.17) is 13.3 Å². The summed E-state index contributed by atoms with van der Waals surface area (Å²) >= 11 is 0. The number of rotatable bonds is 13. The van der Waals surface area contributed by atoms with Crippen LogP contribution in [0, 0.1) is 0 Å². The molecule has 21 heavy (non-hydrogen) atoms. The second-order valence-corrected chi connectivity index (χ2v) is 7.41. The van der Waals surface area contributed by atoms with Crippen molar-refractivity contribution in [1.29, 1.82) is 0 Å². The molecular weight excluding hydrogens is 288 g/mol. The Bertz CT molecular complexity index is 334. The van der Waals surface area contributed by atoms with Gasteiger partial charge in [0.2, 0.25) is 0 Å². The predicted octanol–water partition coefficient (Wildman–Crippen LogP) is 2.28. The van der Waals surface area contributed by atoms with Crippen LogP contribution in [0.15, 0.2) is 6.33 Å². The minimum absolute atomic E-state index is 0.643. The summed E-state index contributed by atoms with van der Waals surface area (Å²) in [5.74, 6) is 0. The van der Waals surface area contributed by atoms with Crippen molar-refractivity contribution in [2.45, 2.75) is 59.0 Å². The molecule has 1 rings (SSSR count). The third-order valence-electron chi connectivity index (χ3n) is 3.08. The fourth-order valence-corrected chi connectivity index (χ4v) is 4.93. The number of hydrogen-bond acceptors (Lipinski definition) is 6. The Morgan fingerprint density at radius 3 is 2.05 bits per heavy atom. The first kappa shape index (κ1) is 18.2. The fraction of sp³-hybridized carbons (Fsp3) is 0.923. The molecule has 0 aliphatic heterocycles. The van der Waals surface area contributed by atoms with Crippen LogP contribution in [0.4, 0.5) is 0 Å². The zero-order valence-corrected chi connectivity index (χ0v) is 14.5. The van der Waals surface area contributed by atoms with Gasteiger partial charge in [-0.05, 0) is 38.8 Å². The molecule has 0 bridgehead atoms. The van der Waals surface area contributed by atoms with Crippen molar-refractivity contribution in [3.63, 3.8) is 0 Å². The number of unbranched alkanes of at least 4 members (excludes halogenated alkanes) is 3. The molecule has 0 unspecified atom stereocenters. The molecule has 0 saturated carbocycles. The van der Waals surface area contributed by atoms with Gasteiger partial charge in [-0.15, -0.1) is 10.2 Å². The number of tetrazole rings is 1. The first-order valence-electron chi connectivity index (χ1n) is 7.89. The van der Waals surface area contributed by atoms with E-state index in [1.54, 1.807) is 4.80 Å². The molecule has 1 aromatic heterocycles. The molecular formula is C13H28N4O3Si. The third-order valence-corrected chi connectivity index (χ3v) is 6.23. The topological polar surface area (TPSA) is 71.3 Å². The highest BCUT2D eigenvalue weighted by Gasteiger charge is 2.39. The van der Waals surface area contributed by atoms with Gasteiger partial charge in [-0.1, -0.05) is 12.8 Å². The number of hydrogen-bond donors (Lipinski definition) is 0. The van der Waals surface area contributed by atoms with Crippen molar-refractivity contribution in [3.8, 4) is 0 Å². The van der Waals surface area contributed by atoms with E-state index in [1.165, 1.54) is 6.33 Å². The molecule has 0 amide bonds. The fourth-order valence-electron chi connectivity index (χ4n) is 2.24. The lowest BCUT2D eigenvalue weighted by molar-refractivity contribution is 0.0706. The Labute approximate surface area is 128 Å². The van der Waals surface area contributed by atoms with Crippen LogP contribution in [-0.2, 0) is 19.8 Å². The molecule has 7 nitrogen and oxygen atoms in total. The van der Waals surface area contributed by atoms with Crippen LogP contribution in [0.25, 0.3) is 0 Å². The van der Waals surface area contributed by atoms with Gasteiger partial charge in [-0.3, -0.25) is 0 Å². The molecule has 0 saturated heterocycles. The van der Waals surface area contributed by atoms with Crippen molar-refractivity contribution in [2.24, 2.45) is 0 Å². The van der Waals surface area contributed by atoms with Crippen molar-refractivity contribution in [1.82, 2.24) is 20.2 Å². The Balaban J connectivity index is 2.22. The summed E-state index contributed by atoms with van der Waals surface area (Å²) in [7, 11) is -2.45. The maximum atomic E-state index is 5.84. The Morgan fingerprint density at radius 2 is 1.52 bits per heavy atom. The zero-order valence-electron chi connectivity index (χ0n) is 13.5. The lowest BCUT2D eigenvalue weighted by atomic mass is 10.2. The predicted molar refractivity (Wildman–Crippen MR) is 81.7 cm³/mol. The molecule has 0 spiro atoms. The highest BCUT2D eigenvalue weighted by molar-refractivity contribution is 6.60. The van der Waals surface area contributed by atoms with Crippen molar-refractivity contribution in [2.75, 3.05) is 19.8 Å². The maximum absolute atomic E-state index is 5.84. The van der Waals surface area contributed by atoms with E-state index in [0.29, 0.717) is 19.8 Å². The highest BCUT2D eigenvalue weighted by Crippen LogP contribution is 2.20. The van der Waals surface area contributed by atoms with Crippen molar-refractivity contribution in [3.05, 3.63) is 6.33 Å². The molecule has 1 heterocycles. The van der Waals surface area contributed by atoms with E-state index < -0.39 is 8.80 Å². The van der Waals surface area contributed by atoms with Crippen LogP contribution in [0.2, 0.25) is 6.04 Å². The first-order chi connectivity index (χ1) is 10.3. The van der Waals surface area contributed by atoms with Gasteiger partial charge < -0.3 is 13.3 Å². The van der Waals surface area contributed by atoms with Gasteiger partial charge >= 0.3 is 8.80 Å². The monoisotopic (exact) mass is 316 g/mol. The smallest absolute Gasteiger partial charge is 0.374 e. The quantitative estimate of drug-likeness (QED) is 0.411. The second-order valence-electron chi connectivity index (χ2n) is 4.68. The van der Waals surface area contributed by atoms with Crippen molar-refractivity contribution < 1.29 is 13.3 Å². The summed E-state index contributed by atoms with van der Waals surface area (Å²) in [6.07, 6.45) is 5.86. The van der Waals surface area contributed by atoms with E-state index >= 15 is 0 Å². The largest absolute Gasteiger partial charge is 0.500 e. The van der Waals surface area contributed by atoms with E-state index in [0.717, 1.165) is 38.3 Å². The average Bonchev–Trinajstić information content (AvgIpc) is 2.97. The lowest BCUT2D eigenvalue weighted by Gasteiger charge is -2.28. The number of aryl methyl sites for hydroxylation is 1. The summed E-state index contributed by atoms with van der Waals surface area (Å²) < 4.78 is 17.5. The summed E-state index contributed by atoms with van der Waals surface area (Å²) in [5, 5.41) is 11.5. The van der Waals surface area contributed by atoms with Gasteiger partial charge in [0.25, 0.3) is 0 Å². The molecule has 8 heteroatoms. The molecule has 122 valence electrons. The van der Waals surface area contributed by atoms with Gasteiger partial charge in [0.15, 0.2) is 6.33 Å². The van der Waals surface area contributed by atoms with Gasteiger partial charge in [-0.25, -0.2) is 0 Å². The Kier molecular flexibility index (Phi) is 9.40. The minimum atomic E-state index is -2.45. The standard InChI is InChI=1S/C13H28N4O3Si/c1-4-18-21(19-5-2,20-6-3)12-10-8-7-9-11-17-15-13-14-16-17/h13H,4-12H2,1-3H3. The van der Waals surface area contributed by atoms with Crippen LogP contribution in [0.5, 0.6) is 0 Å². The normalized spacial score (nSPS) is 12.0. The SMILES string of the molecule is CCO[Si](CCCCCCn1ncnn1)(OCC)OCC. The van der Waals surface area contributed by atoms with Crippen LogP contribution in [0.1, 0.15) is 46.5 Å². The summed E-state index contributed by atoms with van der Waals surface area (Å²) in [5.41, 5.74) is 0. The second kappa shape index (κ2) is 10.8. The lowest BCUT2D eigenvalue weighted by Crippen LogP contribution is -2.45. The summed E-state index contributed by atoms with van der Waals surface area (Å²) in [6, 6.07) is 0.893. The van der Waals surface area contributed by atoms with Gasteiger partial charge in [0, 0.05) is 25.9 Å². The van der Waals surface area contributed by atoms with Crippen molar-refractivity contribution >= 4 is 8.80 Å². The van der Waals surface area contributed by atoms with Gasteiger partial charge in [-0.2, -0.15) is 4.80 Å². The van der Waals surface area contributed by atoms with E-state index in [2.05, 4.69) is 15.4 Å². The van der Waals surface area contributed by atoms with Crippen LogP contribution in [0.3, 0.4) is 0 Å². The molecule has 1 aromatic rings. The molecule has 0 aliphatic rings. The molecule has 0 aliphatic carbocycles. The molecule has 0 aromatic carbocycles. The van der Waals surface area contributed by atoms with E-state index in [9.17, 15) is 0 Å². The maximum Gasteiger partial charge on any atom is 0.500 e. The molecule has 0 N–H and O–H groups in total. The Hall–Kier alpha value is -0.833. The minimum Gasteiger partial charge on any atom is -0.374 e. The third kappa shape index (κ3) is 7.12. The zero-order chi connectivity index (χ0) is 15.4. The Morgan fingerprint density at radius 1 is 0.905 bits per heavy atom. The van der Waals surface area contributed by atoms with E-state index in [1.807, 2.05) is 20.8 Å². The average molecular weight is 316 g/mol. The highest BCUT2D eigenvalue weighted by atomic mass is 28.4. The van der Waals surface area contributed by atoms with Crippen LogP contribution < -0.4 is 0 Å². The summed E-state index contributed by atoms with van der Waals surface area (Å²) in [6.45, 7) is 8.73. The molecule has 0 radical (unpaired) electrons.